The van der Waals surface area contributed by atoms with Gasteiger partial charge in [0.15, 0.2) is 0 Å². The molecule has 0 radical (unpaired) electrons. The van der Waals surface area contributed by atoms with E-state index in [1.54, 1.807) is 6.07 Å². The van der Waals surface area contributed by atoms with Gasteiger partial charge in [-0.25, -0.2) is 0 Å². The normalized spacial score (nSPS) is 10.6. The van der Waals surface area contributed by atoms with Crippen LogP contribution in [0.15, 0.2) is 22.0 Å². The van der Waals surface area contributed by atoms with E-state index in [-0.39, 0.29) is 11.4 Å². The van der Waals surface area contributed by atoms with Crippen molar-refractivity contribution < 1.29 is 10.0 Å². The van der Waals surface area contributed by atoms with Crippen LogP contribution in [-0.4, -0.2) is 10.0 Å². The standard InChI is InChI=1S/C8H4BrNO3S/c9-7-2-4-1-5(10(12)13)3-6(11)8(4)14-7/h1-3,11H. The van der Waals surface area contributed by atoms with E-state index >= 15 is 0 Å². The molecule has 1 aromatic carbocycles. The second-order valence-electron chi connectivity index (χ2n) is 2.69. The Balaban J connectivity index is 2.77. The number of phenolic OH excluding ortho intramolecular Hbond substituents is 1. The first-order valence-corrected chi connectivity index (χ1v) is 5.25. The van der Waals surface area contributed by atoms with Crippen LogP contribution in [-0.2, 0) is 0 Å². The van der Waals surface area contributed by atoms with Crippen LogP contribution in [0.25, 0.3) is 10.1 Å². The third-order valence-corrected chi connectivity index (χ3v) is 3.44. The number of hydrogen-bond acceptors (Lipinski definition) is 4. The van der Waals surface area contributed by atoms with Crippen molar-refractivity contribution in [2.45, 2.75) is 0 Å². The molecule has 6 heteroatoms. The largest absolute Gasteiger partial charge is 0.506 e. The van der Waals surface area contributed by atoms with Gasteiger partial charge in [-0.1, -0.05) is 0 Å². The summed E-state index contributed by atoms with van der Waals surface area (Å²) >= 11 is 4.60. The van der Waals surface area contributed by atoms with Gasteiger partial charge in [-0.2, -0.15) is 0 Å². The second kappa shape index (κ2) is 3.21. The molecule has 0 saturated carbocycles. The van der Waals surface area contributed by atoms with E-state index in [1.165, 1.54) is 17.4 Å². The van der Waals surface area contributed by atoms with Gasteiger partial charge < -0.3 is 5.11 Å². The number of fused-ring (bicyclic) bond motifs is 1. The molecular weight excluding hydrogens is 270 g/mol. The van der Waals surface area contributed by atoms with E-state index in [4.69, 9.17) is 0 Å². The number of phenols is 1. The number of thiophene rings is 1. The van der Waals surface area contributed by atoms with Gasteiger partial charge in [-0.05, 0) is 22.0 Å². The molecule has 1 N–H and O–H groups in total. The summed E-state index contributed by atoms with van der Waals surface area (Å²) in [5.74, 6) is -0.0510. The highest BCUT2D eigenvalue weighted by molar-refractivity contribution is 9.11. The minimum atomic E-state index is -0.523. The molecule has 1 aromatic heterocycles. The number of rotatable bonds is 1. The lowest BCUT2D eigenvalue weighted by Crippen LogP contribution is -1.86. The van der Waals surface area contributed by atoms with Crippen molar-refractivity contribution in [3.8, 4) is 5.75 Å². The molecule has 0 bridgehead atoms. The van der Waals surface area contributed by atoms with Crippen molar-refractivity contribution in [2.75, 3.05) is 0 Å². The Hall–Kier alpha value is -1.14. The first-order valence-electron chi connectivity index (χ1n) is 3.64. The Labute approximate surface area is 91.1 Å². The predicted molar refractivity (Wildman–Crippen MR) is 57.8 cm³/mol. The van der Waals surface area contributed by atoms with Crippen LogP contribution in [0.4, 0.5) is 5.69 Å². The number of non-ortho nitro benzene ring substituents is 1. The smallest absolute Gasteiger partial charge is 0.273 e. The molecule has 1 heterocycles. The van der Waals surface area contributed by atoms with Gasteiger partial charge in [0.2, 0.25) is 0 Å². The predicted octanol–water partition coefficient (Wildman–Crippen LogP) is 3.28. The number of hydrogen-bond donors (Lipinski definition) is 1. The number of benzene rings is 1. The van der Waals surface area contributed by atoms with Gasteiger partial charge in [-0.3, -0.25) is 10.1 Å². The fourth-order valence-corrected chi connectivity index (χ4v) is 2.71. The molecule has 0 aliphatic carbocycles. The average Bonchev–Trinajstić information content (AvgIpc) is 2.45. The molecule has 0 saturated heterocycles. The quantitative estimate of drug-likeness (QED) is 0.641. The number of nitro benzene ring substituents is 1. The Kier molecular flexibility index (Phi) is 2.16. The number of nitro groups is 1. The van der Waals surface area contributed by atoms with Gasteiger partial charge in [0.05, 0.1) is 19.5 Å². The van der Waals surface area contributed by atoms with Crippen LogP contribution < -0.4 is 0 Å². The zero-order valence-corrected chi connectivity index (χ0v) is 9.13. The zero-order chi connectivity index (χ0) is 10.3. The van der Waals surface area contributed by atoms with E-state index in [0.29, 0.717) is 10.1 Å². The minimum absolute atomic E-state index is 0.0510. The van der Waals surface area contributed by atoms with E-state index in [0.717, 1.165) is 9.85 Å². The van der Waals surface area contributed by atoms with E-state index in [2.05, 4.69) is 15.9 Å². The molecule has 2 aromatic rings. The summed E-state index contributed by atoms with van der Waals surface area (Å²) in [5, 5.41) is 20.7. The summed E-state index contributed by atoms with van der Waals surface area (Å²) in [6.45, 7) is 0. The van der Waals surface area contributed by atoms with Gasteiger partial charge in [0.1, 0.15) is 5.75 Å². The highest BCUT2D eigenvalue weighted by atomic mass is 79.9. The topological polar surface area (TPSA) is 63.4 Å². The van der Waals surface area contributed by atoms with Gasteiger partial charge in [0, 0.05) is 11.5 Å². The lowest BCUT2D eigenvalue weighted by atomic mass is 10.2. The molecule has 0 amide bonds. The van der Waals surface area contributed by atoms with Crippen molar-refractivity contribution in [2.24, 2.45) is 0 Å². The summed E-state index contributed by atoms with van der Waals surface area (Å²) in [7, 11) is 0. The van der Waals surface area contributed by atoms with Crippen molar-refractivity contribution in [1.82, 2.24) is 0 Å². The molecule has 0 atom stereocenters. The molecule has 0 aliphatic heterocycles. The average molecular weight is 274 g/mol. The number of halogens is 1. The summed E-state index contributed by atoms with van der Waals surface area (Å²) in [6, 6.07) is 4.34. The monoisotopic (exact) mass is 273 g/mol. The lowest BCUT2D eigenvalue weighted by Gasteiger charge is -1.94. The third kappa shape index (κ3) is 1.46. The van der Waals surface area contributed by atoms with Crippen molar-refractivity contribution in [3.63, 3.8) is 0 Å². The summed E-state index contributed by atoms with van der Waals surface area (Å²) in [5.41, 5.74) is -0.0969. The van der Waals surface area contributed by atoms with Crippen LogP contribution in [0, 0.1) is 10.1 Å². The summed E-state index contributed by atoms with van der Waals surface area (Å²) < 4.78 is 1.49. The molecule has 0 spiro atoms. The highest BCUT2D eigenvalue weighted by Crippen LogP contribution is 2.38. The lowest BCUT2D eigenvalue weighted by molar-refractivity contribution is -0.384. The maximum Gasteiger partial charge on any atom is 0.273 e. The van der Waals surface area contributed by atoms with Crippen molar-refractivity contribution in [3.05, 3.63) is 32.1 Å². The van der Waals surface area contributed by atoms with Crippen LogP contribution in [0.2, 0.25) is 0 Å². The number of nitrogens with zero attached hydrogens (tertiary/aromatic N) is 1. The van der Waals surface area contributed by atoms with E-state index in [1.807, 2.05) is 0 Å². The van der Waals surface area contributed by atoms with Crippen molar-refractivity contribution >= 4 is 43.0 Å². The maximum atomic E-state index is 10.5. The van der Waals surface area contributed by atoms with Gasteiger partial charge in [0.25, 0.3) is 5.69 Å². The second-order valence-corrected chi connectivity index (χ2v) is 5.12. The molecule has 0 aliphatic rings. The number of aromatic hydroxyl groups is 1. The Morgan fingerprint density at radius 2 is 2.14 bits per heavy atom. The third-order valence-electron chi connectivity index (χ3n) is 1.76. The van der Waals surface area contributed by atoms with Crippen LogP contribution >= 0.6 is 27.3 Å². The first kappa shape index (κ1) is 9.42. The van der Waals surface area contributed by atoms with Crippen molar-refractivity contribution in [1.29, 1.82) is 0 Å². The Bertz CT molecular complexity index is 523. The Morgan fingerprint density at radius 3 is 2.79 bits per heavy atom. The van der Waals surface area contributed by atoms with E-state index < -0.39 is 4.92 Å². The first-order chi connectivity index (χ1) is 6.58. The SMILES string of the molecule is O=[N+]([O-])c1cc(O)c2sc(Br)cc2c1. The van der Waals surface area contributed by atoms with Crippen LogP contribution in [0.5, 0.6) is 5.75 Å². The molecule has 0 unspecified atom stereocenters. The minimum Gasteiger partial charge on any atom is -0.506 e. The molecule has 2 rings (SSSR count). The Morgan fingerprint density at radius 1 is 1.43 bits per heavy atom. The van der Waals surface area contributed by atoms with E-state index in [9.17, 15) is 15.2 Å². The molecule has 0 fully saturated rings. The molecule has 72 valence electrons. The van der Waals surface area contributed by atoms with Crippen LogP contribution in [0.3, 0.4) is 0 Å². The maximum absolute atomic E-state index is 10.5. The zero-order valence-electron chi connectivity index (χ0n) is 6.73. The fraction of sp³-hybridized carbons (Fsp3) is 0. The molecule has 14 heavy (non-hydrogen) atoms. The molecular formula is C8H4BrNO3S. The molecule has 4 nitrogen and oxygen atoms in total. The summed E-state index contributed by atoms with van der Waals surface area (Å²) in [4.78, 5) is 9.97. The van der Waals surface area contributed by atoms with Gasteiger partial charge in [-0.15, -0.1) is 11.3 Å². The van der Waals surface area contributed by atoms with Gasteiger partial charge >= 0.3 is 0 Å². The van der Waals surface area contributed by atoms with Crippen LogP contribution in [0.1, 0.15) is 0 Å². The highest BCUT2D eigenvalue weighted by Gasteiger charge is 2.12. The summed E-state index contributed by atoms with van der Waals surface area (Å²) in [6.07, 6.45) is 0. The fourth-order valence-electron chi connectivity index (χ4n) is 1.19.